The second kappa shape index (κ2) is 10.1. The number of fused-ring (bicyclic) bond motifs is 1. The van der Waals surface area contributed by atoms with E-state index in [-0.39, 0.29) is 12.2 Å². The Morgan fingerprint density at radius 2 is 1.74 bits per heavy atom. The number of carbonyl (C=O) groups excluding carboxylic acids is 1. The number of carbonyl (C=O) groups is 1. The first kappa shape index (κ1) is 24.1. The van der Waals surface area contributed by atoms with Gasteiger partial charge in [-0.1, -0.05) is 72.2 Å². The first-order valence-electron chi connectivity index (χ1n) is 10.4. The molecule has 7 heteroatoms. The summed E-state index contributed by atoms with van der Waals surface area (Å²) in [5, 5.41) is 0.929. The summed E-state index contributed by atoms with van der Waals surface area (Å²) in [6, 6.07) is 19.6. The number of hydrogen-bond acceptors (Lipinski definition) is 2. The minimum absolute atomic E-state index is 0.155. The number of allylic oxidation sites excluding steroid dienone is 1. The monoisotopic (exact) mass is 512 g/mol. The summed E-state index contributed by atoms with van der Waals surface area (Å²) in [5.74, 6) is -0.435. The average molecular weight is 514 g/mol. The van der Waals surface area contributed by atoms with E-state index in [1.54, 1.807) is 35.4 Å². The maximum Gasteiger partial charge on any atom is 0.269 e. The summed E-state index contributed by atoms with van der Waals surface area (Å²) in [6.07, 6.45) is 1.60. The van der Waals surface area contributed by atoms with Crippen molar-refractivity contribution in [3.05, 3.63) is 118 Å². The summed E-state index contributed by atoms with van der Waals surface area (Å²) in [4.78, 5) is 17.4. The Kier molecular flexibility index (Phi) is 7.13. The zero-order valence-electron chi connectivity index (χ0n) is 18.2. The van der Waals surface area contributed by atoms with Gasteiger partial charge < -0.3 is 9.88 Å². The number of aromatic amines is 1. The van der Waals surface area contributed by atoms with Crippen LogP contribution in [0.4, 0.5) is 4.39 Å². The van der Waals surface area contributed by atoms with Crippen LogP contribution >= 0.6 is 34.8 Å². The van der Waals surface area contributed by atoms with Gasteiger partial charge in [-0.3, -0.25) is 4.79 Å². The van der Waals surface area contributed by atoms with Crippen molar-refractivity contribution in [2.24, 2.45) is 0 Å². The quantitative estimate of drug-likeness (QED) is 0.251. The largest absolute Gasteiger partial charge is 0.350 e. The molecular weight excluding hydrogens is 494 g/mol. The minimum atomic E-state index is -0.651. The Labute approximate surface area is 212 Å². The number of halogens is 4. The molecule has 3 nitrogen and oxygen atoms in total. The van der Waals surface area contributed by atoms with E-state index >= 15 is 0 Å². The van der Waals surface area contributed by atoms with E-state index in [4.69, 9.17) is 34.8 Å². The SMILES string of the molecule is C=CN(Cc1ccc(Cl)cc1F)/C(=C(\C)c1ccccc1)c1c(C(=O)Cl)[nH]c2cc(Cl)ccc12. The molecule has 0 radical (unpaired) electrons. The van der Waals surface area contributed by atoms with Crippen molar-refractivity contribution in [3.63, 3.8) is 0 Å². The summed E-state index contributed by atoms with van der Waals surface area (Å²) in [5.41, 5.74) is 4.32. The predicted molar refractivity (Wildman–Crippen MR) is 140 cm³/mol. The van der Waals surface area contributed by atoms with Gasteiger partial charge >= 0.3 is 0 Å². The van der Waals surface area contributed by atoms with E-state index in [0.29, 0.717) is 32.4 Å². The van der Waals surface area contributed by atoms with Gasteiger partial charge in [0.25, 0.3) is 5.24 Å². The lowest BCUT2D eigenvalue weighted by Crippen LogP contribution is -2.18. The summed E-state index contributed by atoms with van der Waals surface area (Å²) >= 11 is 18.2. The van der Waals surface area contributed by atoms with Gasteiger partial charge in [-0.25, -0.2) is 4.39 Å². The Morgan fingerprint density at radius 3 is 2.38 bits per heavy atom. The number of nitrogens with zero attached hydrogens (tertiary/aromatic N) is 1. The van der Waals surface area contributed by atoms with Crippen LogP contribution in [-0.4, -0.2) is 15.1 Å². The molecule has 172 valence electrons. The second-order valence-electron chi connectivity index (χ2n) is 7.72. The lowest BCUT2D eigenvalue weighted by molar-refractivity contribution is 0.107. The van der Waals surface area contributed by atoms with Gasteiger partial charge in [0.05, 0.1) is 12.2 Å². The summed E-state index contributed by atoms with van der Waals surface area (Å²) in [7, 11) is 0. The number of nitrogens with one attached hydrogen (secondary N) is 1. The van der Waals surface area contributed by atoms with Gasteiger partial charge in [0.15, 0.2) is 0 Å². The van der Waals surface area contributed by atoms with Crippen LogP contribution in [0, 0.1) is 5.82 Å². The van der Waals surface area contributed by atoms with Crippen LogP contribution in [0.3, 0.4) is 0 Å². The maximum absolute atomic E-state index is 14.7. The third kappa shape index (κ3) is 4.76. The van der Waals surface area contributed by atoms with E-state index < -0.39 is 11.1 Å². The van der Waals surface area contributed by atoms with E-state index in [1.165, 1.54) is 6.07 Å². The Balaban J connectivity index is 2.01. The molecular formula is C27H20Cl3FN2O. The Morgan fingerprint density at radius 1 is 1.06 bits per heavy atom. The minimum Gasteiger partial charge on any atom is -0.350 e. The van der Waals surface area contributed by atoms with Crippen molar-refractivity contribution in [1.29, 1.82) is 0 Å². The average Bonchev–Trinajstić information content (AvgIpc) is 3.19. The highest BCUT2D eigenvalue weighted by atomic mass is 35.5. The molecule has 0 saturated heterocycles. The molecule has 4 aromatic rings. The summed E-state index contributed by atoms with van der Waals surface area (Å²) in [6.45, 7) is 6.07. The first-order valence-corrected chi connectivity index (χ1v) is 11.5. The number of aromatic nitrogens is 1. The fourth-order valence-corrected chi connectivity index (χ4v) is 4.48. The Hall–Kier alpha value is -3.05. The van der Waals surface area contributed by atoms with Crippen LogP contribution in [0.1, 0.15) is 34.1 Å². The second-order valence-corrected chi connectivity index (χ2v) is 8.94. The van der Waals surface area contributed by atoms with Crippen LogP contribution in [-0.2, 0) is 6.54 Å². The van der Waals surface area contributed by atoms with Crippen LogP contribution in [0.5, 0.6) is 0 Å². The molecule has 4 rings (SSSR count). The van der Waals surface area contributed by atoms with Crippen molar-refractivity contribution < 1.29 is 9.18 Å². The molecule has 0 saturated carbocycles. The van der Waals surface area contributed by atoms with Crippen LogP contribution in [0.2, 0.25) is 10.0 Å². The van der Waals surface area contributed by atoms with Gasteiger partial charge in [-0.05, 0) is 60.1 Å². The molecule has 0 spiro atoms. The first-order chi connectivity index (χ1) is 16.3. The molecule has 1 heterocycles. The van der Waals surface area contributed by atoms with Crippen molar-refractivity contribution in [2.45, 2.75) is 13.5 Å². The number of benzene rings is 3. The van der Waals surface area contributed by atoms with Gasteiger partial charge in [-0.15, -0.1) is 0 Å². The summed E-state index contributed by atoms with van der Waals surface area (Å²) < 4.78 is 14.7. The van der Waals surface area contributed by atoms with E-state index in [1.807, 2.05) is 43.3 Å². The zero-order chi connectivity index (χ0) is 24.4. The van der Waals surface area contributed by atoms with Crippen molar-refractivity contribution in [1.82, 2.24) is 9.88 Å². The van der Waals surface area contributed by atoms with Crippen molar-refractivity contribution >= 4 is 62.2 Å². The van der Waals surface area contributed by atoms with Gasteiger partial charge in [0.2, 0.25) is 0 Å². The predicted octanol–water partition coefficient (Wildman–Crippen LogP) is 8.53. The molecule has 1 aromatic heterocycles. The third-order valence-electron chi connectivity index (χ3n) is 5.62. The van der Waals surface area contributed by atoms with Crippen molar-refractivity contribution in [2.75, 3.05) is 0 Å². The highest BCUT2D eigenvalue weighted by molar-refractivity contribution is 6.68. The fraction of sp³-hybridized carbons (Fsp3) is 0.0741. The number of H-pyrrole nitrogens is 1. The molecule has 3 aromatic carbocycles. The lowest BCUT2D eigenvalue weighted by Gasteiger charge is -2.27. The van der Waals surface area contributed by atoms with Crippen LogP contribution < -0.4 is 0 Å². The van der Waals surface area contributed by atoms with Crippen LogP contribution in [0.15, 0.2) is 79.5 Å². The molecule has 0 amide bonds. The highest BCUT2D eigenvalue weighted by Crippen LogP contribution is 2.38. The van der Waals surface area contributed by atoms with E-state index in [0.717, 1.165) is 16.5 Å². The number of rotatable bonds is 7. The van der Waals surface area contributed by atoms with Gasteiger partial charge in [0.1, 0.15) is 11.5 Å². The number of hydrogen-bond donors (Lipinski definition) is 1. The Bertz CT molecular complexity index is 1430. The topological polar surface area (TPSA) is 36.1 Å². The lowest BCUT2D eigenvalue weighted by atomic mass is 9.97. The molecule has 0 aliphatic heterocycles. The molecule has 0 atom stereocenters. The van der Waals surface area contributed by atoms with E-state index in [2.05, 4.69) is 11.6 Å². The van der Waals surface area contributed by atoms with E-state index in [9.17, 15) is 9.18 Å². The zero-order valence-corrected chi connectivity index (χ0v) is 20.5. The molecule has 1 N–H and O–H groups in total. The molecule has 0 fully saturated rings. The molecule has 0 aliphatic carbocycles. The molecule has 0 bridgehead atoms. The molecule has 0 aliphatic rings. The standard InChI is InChI=1S/C27H20Cl3FN2O/c1-3-33(15-18-9-10-19(28)13-22(18)31)26(16(2)17-7-5-4-6-8-17)24-21-12-11-20(29)14-23(21)32-25(24)27(30)34/h3-14,32H,1,15H2,2H3/b26-16+. The normalized spacial score (nSPS) is 11.9. The fourth-order valence-electron chi connectivity index (χ4n) is 4.00. The van der Waals surface area contributed by atoms with Gasteiger partial charge in [0, 0.05) is 32.1 Å². The van der Waals surface area contributed by atoms with Gasteiger partial charge in [-0.2, -0.15) is 0 Å². The third-order valence-corrected chi connectivity index (χ3v) is 6.28. The molecule has 0 unspecified atom stereocenters. The van der Waals surface area contributed by atoms with Crippen LogP contribution in [0.25, 0.3) is 22.2 Å². The smallest absolute Gasteiger partial charge is 0.269 e. The van der Waals surface area contributed by atoms with Crippen molar-refractivity contribution in [3.8, 4) is 0 Å². The maximum atomic E-state index is 14.7. The highest BCUT2D eigenvalue weighted by Gasteiger charge is 2.25. The molecule has 34 heavy (non-hydrogen) atoms.